The summed E-state index contributed by atoms with van der Waals surface area (Å²) in [5.41, 5.74) is 5.13. The number of aromatic nitrogens is 3. The van der Waals surface area contributed by atoms with E-state index in [-0.39, 0.29) is 0 Å². The topological polar surface area (TPSA) is 57.1 Å². The minimum atomic E-state index is 0.429. The maximum Gasteiger partial charge on any atom is 0.233 e. The molecule has 114 valence electrons. The van der Waals surface area contributed by atoms with Crippen LogP contribution in [0.25, 0.3) is 22.3 Å². The third-order valence-corrected chi connectivity index (χ3v) is 3.99. The van der Waals surface area contributed by atoms with Gasteiger partial charge in [0, 0.05) is 29.5 Å². The molecular formula is C17H12ClN3O2. The van der Waals surface area contributed by atoms with Crippen LogP contribution in [0, 0.1) is 0 Å². The molecule has 0 atom stereocenters. The molecule has 0 unspecified atom stereocenters. The van der Waals surface area contributed by atoms with Gasteiger partial charge in [0.25, 0.3) is 0 Å². The molecule has 2 aromatic heterocycles. The van der Waals surface area contributed by atoms with Crippen LogP contribution in [0.3, 0.4) is 0 Å². The van der Waals surface area contributed by atoms with Gasteiger partial charge in [-0.1, -0.05) is 23.7 Å². The normalized spacial score (nSPS) is 12.1. The van der Waals surface area contributed by atoms with Gasteiger partial charge in [-0.2, -0.15) is 5.10 Å². The predicted octanol–water partition coefficient (Wildman–Crippen LogP) is 3.76. The van der Waals surface area contributed by atoms with Crippen molar-refractivity contribution in [3.8, 4) is 33.9 Å². The predicted molar refractivity (Wildman–Crippen MR) is 86.6 cm³/mol. The van der Waals surface area contributed by atoms with Crippen molar-refractivity contribution in [2.45, 2.75) is 6.61 Å². The van der Waals surface area contributed by atoms with Crippen molar-refractivity contribution in [3.05, 3.63) is 53.4 Å². The van der Waals surface area contributed by atoms with Gasteiger partial charge in [0.2, 0.25) is 5.88 Å². The molecule has 1 aliphatic rings. The first kappa shape index (κ1) is 14.0. The number of nitrogens with zero attached hydrogens (tertiary/aromatic N) is 3. The number of ether oxygens (including phenoxy) is 2. The third kappa shape index (κ3) is 2.49. The highest BCUT2D eigenvalue weighted by atomic mass is 35.5. The van der Waals surface area contributed by atoms with E-state index >= 15 is 0 Å². The van der Waals surface area contributed by atoms with Crippen molar-refractivity contribution in [2.75, 3.05) is 7.11 Å². The van der Waals surface area contributed by atoms with Gasteiger partial charge in [0.05, 0.1) is 13.3 Å². The number of methoxy groups -OCH3 is 1. The molecule has 0 radical (unpaired) electrons. The van der Waals surface area contributed by atoms with Crippen LogP contribution in [-0.2, 0) is 6.61 Å². The lowest BCUT2D eigenvalue weighted by molar-refractivity contribution is 0.302. The van der Waals surface area contributed by atoms with Gasteiger partial charge in [-0.15, -0.1) is 5.10 Å². The molecule has 0 aliphatic carbocycles. The summed E-state index contributed by atoms with van der Waals surface area (Å²) in [7, 11) is 1.57. The molecule has 1 aliphatic heterocycles. The van der Waals surface area contributed by atoms with E-state index in [2.05, 4.69) is 27.3 Å². The molecule has 5 nitrogen and oxygen atoms in total. The fraction of sp³-hybridized carbons (Fsp3) is 0.118. The summed E-state index contributed by atoms with van der Waals surface area (Å²) in [5.74, 6) is 1.25. The summed E-state index contributed by atoms with van der Waals surface area (Å²) in [4.78, 5) is 4.15. The van der Waals surface area contributed by atoms with Crippen LogP contribution < -0.4 is 9.47 Å². The van der Waals surface area contributed by atoms with Crippen LogP contribution in [0.1, 0.15) is 5.56 Å². The number of pyridine rings is 1. The van der Waals surface area contributed by atoms with Gasteiger partial charge in [0.15, 0.2) is 0 Å². The van der Waals surface area contributed by atoms with Gasteiger partial charge < -0.3 is 9.47 Å². The van der Waals surface area contributed by atoms with E-state index in [9.17, 15) is 0 Å². The van der Waals surface area contributed by atoms with Crippen LogP contribution in [0.2, 0.25) is 5.15 Å². The molecular weight excluding hydrogens is 314 g/mol. The zero-order chi connectivity index (χ0) is 15.8. The first-order valence-corrected chi connectivity index (χ1v) is 7.41. The fourth-order valence-electron chi connectivity index (χ4n) is 2.65. The molecule has 3 heterocycles. The smallest absolute Gasteiger partial charge is 0.233 e. The Morgan fingerprint density at radius 1 is 1.09 bits per heavy atom. The second-order valence-electron chi connectivity index (χ2n) is 5.15. The average Bonchev–Trinajstić information content (AvgIpc) is 2.61. The van der Waals surface area contributed by atoms with E-state index in [4.69, 9.17) is 21.1 Å². The Morgan fingerprint density at radius 3 is 2.87 bits per heavy atom. The standard InChI is InChI=1S/C17H12ClN3O2/c1-22-17-5-11(7-20-21-17)10-2-3-13-12(4-10)9-23-15-6-16(18)19-8-14(13)15/h2-8H,9H2,1H3. The van der Waals surface area contributed by atoms with Gasteiger partial charge in [-0.25, -0.2) is 4.98 Å². The summed E-state index contributed by atoms with van der Waals surface area (Å²) in [5, 5.41) is 8.28. The third-order valence-electron chi connectivity index (χ3n) is 3.79. The Labute approximate surface area is 137 Å². The van der Waals surface area contributed by atoms with E-state index in [0.29, 0.717) is 17.6 Å². The van der Waals surface area contributed by atoms with Crippen LogP contribution in [0.4, 0.5) is 0 Å². The summed E-state index contributed by atoms with van der Waals surface area (Å²) in [6, 6.07) is 9.79. The molecule has 23 heavy (non-hydrogen) atoms. The summed E-state index contributed by atoms with van der Waals surface area (Å²) in [6.07, 6.45) is 3.45. The fourth-order valence-corrected chi connectivity index (χ4v) is 2.80. The van der Waals surface area contributed by atoms with Crippen LogP contribution in [0.15, 0.2) is 42.7 Å². The molecule has 0 fully saturated rings. The number of rotatable bonds is 2. The number of benzene rings is 1. The molecule has 0 bridgehead atoms. The number of fused-ring (bicyclic) bond motifs is 3. The van der Waals surface area contributed by atoms with E-state index in [1.165, 1.54) is 0 Å². The van der Waals surface area contributed by atoms with Gasteiger partial charge in [-0.3, -0.25) is 0 Å². The molecule has 0 saturated heterocycles. The van der Waals surface area contributed by atoms with Crippen LogP contribution in [0.5, 0.6) is 11.6 Å². The maximum absolute atomic E-state index is 5.92. The van der Waals surface area contributed by atoms with E-state index in [0.717, 1.165) is 33.6 Å². The number of hydrogen-bond acceptors (Lipinski definition) is 5. The van der Waals surface area contributed by atoms with E-state index < -0.39 is 0 Å². The lowest BCUT2D eigenvalue weighted by Crippen LogP contribution is -2.06. The summed E-state index contributed by atoms with van der Waals surface area (Å²) < 4.78 is 10.9. The summed E-state index contributed by atoms with van der Waals surface area (Å²) >= 11 is 5.92. The Morgan fingerprint density at radius 2 is 2.00 bits per heavy atom. The molecule has 0 amide bonds. The van der Waals surface area contributed by atoms with Gasteiger partial charge >= 0.3 is 0 Å². The first-order valence-electron chi connectivity index (χ1n) is 7.03. The first-order chi connectivity index (χ1) is 11.2. The quantitative estimate of drug-likeness (QED) is 0.671. The monoisotopic (exact) mass is 325 g/mol. The SMILES string of the molecule is COc1cc(-c2ccc3c(c2)COc2cc(Cl)ncc2-3)cnn1. The lowest BCUT2D eigenvalue weighted by atomic mass is 9.95. The minimum Gasteiger partial charge on any atom is -0.488 e. The maximum atomic E-state index is 5.92. The average molecular weight is 326 g/mol. The number of halogens is 1. The van der Waals surface area contributed by atoms with Crippen LogP contribution in [-0.4, -0.2) is 22.3 Å². The zero-order valence-corrected chi connectivity index (χ0v) is 13.0. The molecule has 6 heteroatoms. The van der Waals surface area contributed by atoms with Crippen molar-refractivity contribution in [1.29, 1.82) is 0 Å². The molecule has 1 aromatic carbocycles. The highest BCUT2D eigenvalue weighted by Gasteiger charge is 2.18. The largest absolute Gasteiger partial charge is 0.488 e. The van der Waals surface area contributed by atoms with Crippen molar-refractivity contribution in [1.82, 2.24) is 15.2 Å². The molecule has 4 rings (SSSR count). The lowest BCUT2D eigenvalue weighted by Gasteiger charge is -2.21. The van der Waals surface area contributed by atoms with E-state index in [1.54, 1.807) is 25.6 Å². The second-order valence-corrected chi connectivity index (χ2v) is 5.54. The molecule has 0 saturated carbocycles. The Bertz CT molecular complexity index is 899. The van der Waals surface area contributed by atoms with Crippen molar-refractivity contribution >= 4 is 11.6 Å². The van der Waals surface area contributed by atoms with Crippen molar-refractivity contribution in [3.63, 3.8) is 0 Å². The summed E-state index contributed by atoms with van der Waals surface area (Å²) in [6.45, 7) is 0.492. The second kappa shape index (κ2) is 5.52. The van der Waals surface area contributed by atoms with Gasteiger partial charge in [0.1, 0.15) is 17.5 Å². The van der Waals surface area contributed by atoms with Crippen molar-refractivity contribution < 1.29 is 9.47 Å². The Hall–Kier alpha value is -2.66. The van der Waals surface area contributed by atoms with Gasteiger partial charge in [-0.05, 0) is 22.8 Å². The zero-order valence-electron chi connectivity index (χ0n) is 12.3. The molecule has 3 aromatic rings. The van der Waals surface area contributed by atoms with E-state index in [1.807, 2.05) is 12.1 Å². The Balaban J connectivity index is 1.79. The minimum absolute atomic E-state index is 0.429. The highest BCUT2D eigenvalue weighted by Crippen LogP contribution is 2.39. The molecule has 0 spiro atoms. The van der Waals surface area contributed by atoms with Crippen LogP contribution >= 0.6 is 11.6 Å². The highest BCUT2D eigenvalue weighted by molar-refractivity contribution is 6.29. The Kier molecular flexibility index (Phi) is 3.35. The molecule has 0 N–H and O–H groups in total. The van der Waals surface area contributed by atoms with Crippen molar-refractivity contribution in [2.24, 2.45) is 0 Å². The number of hydrogen-bond donors (Lipinski definition) is 0.